The van der Waals surface area contributed by atoms with Crippen LogP contribution in [0.1, 0.15) is 140 Å². The second-order valence-electron chi connectivity index (χ2n) is 15.0. The molecule has 4 aromatic carbocycles. The van der Waals surface area contributed by atoms with E-state index in [0.717, 1.165) is 0 Å². The first-order valence-electron chi connectivity index (χ1n) is 17.1. The number of nitrogens with zero attached hydrogens (tertiary/aromatic N) is 2. The SMILES string of the molecule is CC(C)c1cccc(C(C)C)c1[N]=[Mo+2]=[N]c1c(C(C)C)cccc1C(C)C.[CH2-]C(C)(C)c1ccccc1.[CH2-]C(C)(C)c1ccccc1. The normalized spacial score (nSPS) is 11.4. The summed E-state index contributed by atoms with van der Waals surface area (Å²) in [5, 5.41) is 0. The first-order chi connectivity index (χ1) is 21.9. The molecule has 0 fully saturated rings. The minimum Gasteiger partial charge on any atom is -0.333 e. The Morgan fingerprint density at radius 1 is 0.426 bits per heavy atom. The van der Waals surface area contributed by atoms with Gasteiger partial charge in [0.05, 0.1) is 0 Å². The molecular weight excluding hydrogens is 652 g/mol. The Kier molecular flexibility index (Phi) is 16.0. The molecule has 47 heavy (non-hydrogen) atoms. The Bertz CT molecular complexity index is 1390. The van der Waals surface area contributed by atoms with Crippen LogP contribution in [-0.2, 0) is 29.0 Å². The van der Waals surface area contributed by atoms with E-state index in [1.807, 2.05) is 36.4 Å². The van der Waals surface area contributed by atoms with Crippen LogP contribution in [0.2, 0.25) is 0 Å². The van der Waals surface area contributed by atoms with Gasteiger partial charge in [0.25, 0.3) is 0 Å². The van der Waals surface area contributed by atoms with Crippen molar-refractivity contribution in [2.24, 2.45) is 6.99 Å². The van der Waals surface area contributed by atoms with Crippen LogP contribution in [0.3, 0.4) is 0 Å². The van der Waals surface area contributed by atoms with Crippen molar-refractivity contribution in [1.29, 1.82) is 0 Å². The molecule has 0 spiro atoms. The fourth-order valence-electron chi connectivity index (χ4n) is 5.12. The Balaban J connectivity index is 0.000000310. The third kappa shape index (κ3) is 12.9. The topological polar surface area (TPSA) is 24.7 Å². The predicted octanol–water partition coefficient (Wildman–Crippen LogP) is 14.2. The van der Waals surface area contributed by atoms with E-state index in [1.165, 1.54) is 44.8 Å². The van der Waals surface area contributed by atoms with Crippen LogP contribution in [0.4, 0.5) is 11.4 Å². The first-order valence-corrected chi connectivity index (χ1v) is 18.9. The van der Waals surface area contributed by atoms with Gasteiger partial charge in [-0.25, -0.2) is 0 Å². The van der Waals surface area contributed by atoms with Crippen LogP contribution >= 0.6 is 0 Å². The number of hydrogen-bond acceptors (Lipinski definition) is 2. The average molecular weight is 713 g/mol. The minimum absolute atomic E-state index is 0.0429. The van der Waals surface area contributed by atoms with E-state index in [1.54, 1.807) is 0 Å². The molecule has 0 heterocycles. The van der Waals surface area contributed by atoms with Crippen molar-refractivity contribution in [1.82, 2.24) is 0 Å². The summed E-state index contributed by atoms with van der Waals surface area (Å²) in [6.45, 7) is 34.5. The standard InChI is InChI=1S/2C12H17N.2C10H13.Mo/c2*1-8(2)10-6-5-7-11(9(3)4)12(10)13;2*1-10(2,3)9-7-5-4-6-8-9;/h2*5-9H,1-4H3;2*4-8H,1H2,2-3H3;/q;;2*-1;+2. The third-order valence-corrected chi connectivity index (χ3v) is 9.36. The van der Waals surface area contributed by atoms with E-state index < -0.39 is 18.2 Å². The zero-order chi connectivity index (χ0) is 35.4. The van der Waals surface area contributed by atoms with Crippen molar-refractivity contribution in [2.75, 3.05) is 0 Å². The second kappa shape index (κ2) is 18.6. The second-order valence-corrected chi connectivity index (χ2v) is 16.3. The molecule has 252 valence electrons. The summed E-state index contributed by atoms with van der Waals surface area (Å²) in [6, 6.07) is 33.9. The van der Waals surface area contributed by atoms with Crippen LogP contribution in [-0.4, -0.2) is 0 Å². The molecular formula is C44H60MoN2. The maximum absolute atomic E-state index is 5.11. The molecule has 0 aliphatic heterocycles. The molecule has 0 unspecified atom stereocenters. The molecule has 0 amide bonds. The van der Waals surface area contributed by atoms with Gasteiger partial charge in [0, 0.05) is 0 Å². The molecule has 3 heteroatoms. The van der Waals surface area contributed by atoms with Gasteiger partial charge in [-0.05, 0) is 0 Å². The quantitative estimate of drug-likeness (QED) is 0.128. The van der Waals surface area contributed by atoms with Crippen LogP contribution in [0, 0.1) is 13.8 Å². The average Bonchev–Trinajstić information content (AvgIpc) is 3.01. The van der Waals surface area contributed by atoms with Crippen molar-refractivity contribution in [2.45, 2.75) is 118 Å². The predicted molar refractivity (Wildman–Crippen MR) is 203 cm³/mol. The summed E-state index contributed by atoms with van der Waals surface area (Å²) in [7, 11) is 0. The molecule has 0 bridgehead atoms. The summed E-state index contributed by atoms with van der Waals surface area (Å²) in [5.41, 5.74) is 10.5. The zero-order valence-electron chi connectivity index (χ0n) is 31.3. The summed E-state index contributed by atoms with van der Waals surface area (Å²) < 4.78 is 10.2. The van der Waals surface area contributed by atoms with E-state index >= 15 is 0 Å². The molecule has 0 saturated carbocycles. The molecule has 2 nitrogen and oxygen atoms in total. The fourth-order valence-corrected chi connectivity index (χ4v) is 6.65. The third-order valence-electron chi connectivity index (χ3n) is 8.06. The van der Waals surface area contributed by atoms with Crippen molar-refractivity contribution in [3.05, 3.63) is 144 Å². The molecule has 0 saturated heterocycles. The Hall–Kier alpha value is -2.83. The van der Waals surface area contributed by atoms with Crippen LogP contribution in [0.15, 0.2) is 104 Å². The van der Waals surface area contributed by atoms with Crippen LogP contribution < -0.4 is 0 Å². The van der Waals surface area contributed by atoms with Crippen molar-refractivity contribution in [3.8, 4) is 0 Å². The van der Waals surface area contributed by atoms with Gasteiger partial charge in [-0.1, -0.05) is 99.5 Å². The number of rotatable bonds is 8. The summed E-state index contributed by atoms with van der Waals surface area (Å²) in [5.74, 6) is 1.90. The maximum Gasteiger partial charge on any atom is -0.0611 e. The Morgan fingerprint density at radius 3 is 0.872 bits per heavy atom. The molecule has 4 aromatic rings. The zero-order valence-corrected chi connectivity index (χ0v) is 33.3. The molecule has 0 aliphatic rings. The number of benzene rings is 4. The molecule has 0 atom stereocenters. The van der Waals surface area contributed by atoms with Gasteiger partial charge >= 0.3 is 174 Å². The Labute approximate surface area is 297 Å². The van der Waals surface area contributed by atoms with Crippen molar-refractivity contribution in [3.63, 3.8) is 0 Å². The van der Waals surface area contributed by atoms with E-state index in [9.17, 15) is 0 Å². The summed E-state index contributed by atoms with van der Waals surface area (Å²) in [6.07, 6.45) is 0. The minimum atomic E-state index is -0.857. The summed E-state index contributed by atoms with van der Waals surface area (Å²) >= 11 is -0.857. The number of hydrogen-bond donors (Lipinski definition) is 0. The van der Waals surface area contributed by atoms with Gasteiger partial charge in [0.1, 0.15) is 0 Å². The Morgan fingerprint density at radius 2 is 0.681 bits per heavy atom. The monoisotopic (exact) mass is 714 g/mol. The van der Waals surface area contributed by atoms with Gasteiger partial charge in [0.15, 0.2) is 0 Å². The molecule has 0 N–H and O–H groups in total. The van der Waals surface area contributed by atoms with Gasteiger partial charge in [-0.2, -0.15) is 0 Å². The summed E-state index contributed by atoms with van der Waals surface area (Å²) in [4.78, 5) is 0. The van der Waals surface area contributed by atoms with Crippen molar-refractivity contribution >= 4 is 11.4 Å². The van der Waals surface area contributed by atoms with E-state index in [4.69, 9.17) is 6.99 Å². The smallest absolute Gasteiger partial charge is 0.0611 e. The molecule has 0 aliphatic carbocycles. The van der Waals surface area contributed by atoms with E-state index in [-0.39, 0.29) is 10.8 Å². The van der Waals surface area contributed by atoms with Gasteiger partial charge in [-0.3, -0.25) is 0 Å². The van der Waals surface area contributed by atoms with Gasteiger partial charge < -0.3 is 13.8 Å². The van der Waals surface area contributed by atoms with Crippen LogP contribution in [0.25, 0.3) is 0 Å². The molecule has 0 aromatic heterocycles. The molecule has 4 rings (SSSR count). The maximum atomic E-state index is 5.11. The largest absolute Gasteiger partial charge is 0.333 e. The fraction of sp³-hybridized carbons (Fsp3) is 0.409. The van der Waals surface area contributed by atoms with Crippen molar-refractivity contribution < 1.29 is 18.2 Å². The van der Waals surface area contributed by atoms with E-state index in [0.29, 0.717) is 23.7 Å². The van der Waals surface area contributed by atoms with Crippen LogP contribution in [0.5, 0.6) is 0 Å². The van der Waals surface area contributed by atoms with Gasteiger partial charge in [-0.15, -0.1) is 10.8 Å². The molecule has 0 radical (unpaired) electrons. The van der Waals surface area contributed by atoms with Gasteiger partial charge in [0.2, 0.25) is 0 Å². The van der Waals surface area contributed by atoms with E-state index in [2.05, 4.69) is 158 Å². The first kappa shape index (κ1) is 40.3.